The molecule has 4 aromatic rings. The number of aryl methyl sites for hydroxylation is 2. The molecule has 0 saturated carbocycles. The maximum absolute atomic E-state index is 5.75. The van der Waals surface area contributed by atoms with Crippen molar-refractivity contribution < 1.29 is 18.9 Å². The first-order valence-electron chi connectivity index (χ1n) is 12.5. The minimum absolute atomic E-state index is 0.180. The molecule has 0 atom stereocenters. The molecule has 0 aromatic heterocycles. The second-order valence-electron chi connectivity index (χ2n) is 10.2. The van der Waals surface area contributed by atoms with Gasteiger partial charge in [-0.25, -0.2) is 0 Å². The van der Waals surface area contributed by atoms with Crippen molar-refractivity contribution in [2.24, 2.45) is 0 Å². The lowest BCUT2D eigenvalue weighted by Crippen LogP contribution is -2.15. The molecule has 0 unspecified atom stereocenters. The van der Waals surface area contributed by atoms with E-state index >= 15 is 0 Å². The van der Waals surface area contributed by atoms with E-state index in [-0.39, 0.29) is 5.41 Å². The fourth-order valence-electron chi connectivity index (χ4n) is 5.62. The Morgan fingerprint density at radius 3 is 1.19 bits per heavy atom. The van der Waals surface area contributed by atoms with Crippen LogP contribution in [0, 0.1) is 13.8 Å². The third kappa shape index (κ3) is 3.92. The number of rotatable bonds is 6. The van der Waals surface area contributed by atoms with Crippen LogP contribution >= 0.6 is 0 Å². The fraction of sp³-hybridized carbons (Fsp3) is 0.273. The highest BCUT2D eigenvalue weighted by Crippen LogP contribution is 2.52. The van der Waals surface area contributed by atoms with Crippen molar-refractivity contribution in [1.82, 2.24) is 0 Å². The van der Waals surface area contributed by atoms with Gasteiger partial charge in [-0.3, -0.25) is 0 Å². The Labute approximate surface area is 219 Å². The number of hydrogen-bond donors (Lipinski definition) is 0. The van der Waals surface area contributed by atoms with Gasteiger partial charge in [-0.15, -0.1) is 0 Å². The molecule has 4 nitrogen and oxygen atoms in total. The summed E-state index contributed by atoms with van der Waals surface area (Å²) in [6.45, 7) is 8.66. The molecule has 4 aromatic carbocycles. The average molecular weight is 495 g/mol. The monoisotopic (exact) mass is 494 g/mol. The predicted octanol–water partition coefficient (Wildman–Crippen LogP) is 7.98. The van der Waals surface area contributed by atoms with Gasteiger partial charge in [-0.1, -0.05) is 38.1 Å². The van der Waals surface area contributed by atoms with E-state index in [4.69, 9.17) is 18.9 Å². The van der Waals surface area contributed by atoms with E-state index < -0.39 is 0 Å². The van der Waals surface area contributed by atoms with E-state index in [1.807, 2.05) is 26.0 Å². The summed E-state index contributed by atoms with van der Waals surface area (Å²) in [5.41, 5.74) is 11.3. The molecule has 5 rings (SSSR count). The van der Waals surface area contributed by atoms with E-state index in [9.17, 15) is 0 Å². The topological polar surface area (TPSA) is 36.9 Å². The molecule has 0 amide bonds. The highest BCUT2D eigenvalue weighted by Gasteiger charge is 2.36. The smallest absolute Gasteiger partial charge is 0.127 e. The van der Waals surface area contributed by atoms with E-state index in [0.717, 1.165) is 56.4 Å². The standard InChI is InChI=1S/C33H34O4/c1-19-13-31(36-7)25(17-29(19)34-5)21-9-11-23-24-12-10-22(16-28(24)33(3,4)27(23)15-21)26-18-30(35-6)20(2)14-32(26)37-8/h9-18H,1-8H3. The summed E-state index contributed by atoms with van der Waals surface area (Å²) >= 11 is 0. The highest BCUT2D eigenvalue weighted by molar-refractivity contribution is 5.87. The molecule has 0 radical (unpaired) electrons. The largest absolute Gasteiger partial charge is 0.496 e. The van der Waals surface area contributed by atoms with Gasteiger partial charge in [0.1, 0.15) is 23.0 Å². The second-order valence-corrected chi connectivity index (χ2v) is 10.2. The Hall–Kier alpha value is -3.92. The summed E-state index contributed by atoms with van der Waals surface area (Å²) in [7, 11) is 6.84. The van der Waals surface area contributed by atoms with Crippen LogP contribution in [0.1, 0.15) is 36.1 Å². The SMILES string of the molecule is COc1cc(-c2ccc3c(c2)C(C)(C)c2cc(-c4cc(OC)c(C)cc4OC)ccc2-3)c(OC)cc1C. The van der Waals surface area contributed by atoms with Crippen molar-refractivity contribution in [3.63, 3.8) is 0 Å². The molecule has 0 saturated heterocycles. The minimum Gasteiger partial charge on any atom is -0.496 e. The number of hydrogen-bond acceptors (Lipinski definition) is 4. The van der Waals surface area contributed by atoms with Gasteiger partial charge in [0, 0.05) is 16.5 Å². The maximum Gasteiger partial charge on any atom is 0.127 e. The van der Waals surface area contributed by atoms with Crippen LogP contribution in [0.15, 0.2) is 60.7 Å². The first kappa shape index (κ1) is 24.8. The Morgan fingerprint density at radius 1 is 0.459 bits per heavy atom. The van der Waals surface area contributed by atoms with Gasteiger partial charge in [0.2, 0.25) is 0 Å². The maximum atomic E-state index is 5.75. The predicted molar refractivity (Wildman–Crippen MR) is 151 cm³/mol. The van der Waals surface area contributed by atoms with Gasteiger partial charge in [0.05, 0.1) is 28.4 Å². The average Bonchev–Trinajstić information content (AvgIpc) is 3.13. The first-order valence-corrected chi connectivity index (χ1v) is 12.5. The zero-order chi connectivity index (χ0) is 26.5. The van der Waals surface area contributed by atoms with Crippen LogP contribution in [0.5, 0.6) is 23.0 Å². The molecule has 0 heterocycles. The Kier molecular flexibility index (Phi) is 6.15. The molecule has 0 fully saturated rings. The van der Waals surface area contributed by atoms with Gasteiger partial charge in [0.25, 0.3) is 0 Å². The number of ether oxygens (including phenoxy) is 4. The molecular formula is C33H34O4. The van der Waals surface area contributed by atoms with E-state index in [0.29, 0.717) is 0 Å². The van der Waals surface area contributed by atoms with E-state index in [1.54, 1.807) is 28.4 Å². The van der Waals surface area contributed by atoms with Crippen molar-refractivity contribution in [2.75, 3.05) is 28.4 Å². The number of methoxy groups -OCH3 is 4. The summed E-state index contributed by atoms with van der Waals surface area (Å²) in [5, 5.41) is 0. The van der Waals surface area contributed by atoms with Crippen molar-refractivity contribution in [3.05, 3.63) is 82.9 Å². The van der Waals surface area contributed by atoms with Gasteiger partial charge in [-0.2, -0.15) is 0 Å². The van der Waals surface area contributed by atoms with Crippen LogP contribution in [0.3, 0.4) is 0 Å². The first-order chi connectivity index (χ1) is 17.7. The van der Waals surface area contributed by atoms with Crippen molar-refractivity contribution in [1.29, 1.82) is 0 Å². The minimum atomic E-state index is -0.180. The van der Waals surface area contributed by atoms with Crippen LogP contribution in [0.2, 0.25) is 0 Å². The fourth-order valence-corrected chi connectivity index (χ4v) is 5.62. The third-order valence-electron chi connectivity index (χ3n) is 7.73. The molecular weight excluding hydrogens is 460 g/mol. The molecule has 190 valence electrons. The zero-order valence-corrected chi connectivity index (χ0v) is 22.9. The molecule has 1 aliphatic carbocycles. The number of benzene rings is 4. The lowest BCUT2D eigenvalue weighted by molar-refractivity contribution is 0.402. The molecule has 0 N–H and O–H groups in total. The second kappa shape index (κ2) is 9.19. The van der Waals surface area contributed by atoms with Crippen LogP contribution < -0.4 is 18.9 Å². The Morgan fingerprint density at radius 2 is 0.838 bits per heavy atom. The summed E-state index contributed by atoms with van der Waals surface area (Å²) in [5.74, 6) is 3.39. The molecule has 0 spiro atoms. The van der Waals surface area contributed by atoms with Gasteiger partial charge in [-0.05, 0) is 94.8 Å². The summed E-state index contributed by atoms with van der Waals surface area (Å²) in [6, 6.07) is 21.7. The lowest BCUT2D eigenvalue weighted by Gasteiger charge is -2.23. The van der Waals surface area contributed by atoms with Crippen LogP contribution in [-0.4, -0.2) is 28.4 Å². The van der Waals surface area contributed by atoms with Gasteiger partial charge < -0.3 is 18.9 Å². The quantitative estimate of drug-likeness (QED) is 0.272. The normalized spacial score (nSPS) is 13.1. The number of fused-ring (bicyclic) bond motifs is 3. The van der Waals surface area contributed by atoms with Gasteiger partial charge in [0.15, 0.2) is 0 Å². The van der Waals surface area contributed by atoms with Crippen LogP contribution in [0.25, 0.3) is 33.4 Å². The summed E-state index contributed by atoms with van der Waals surface area (Å²) < 4.78 is 22.7. The molecule has 4 heteroatoms. The molecule has 1 aliphatic rings. The van der Waals surface area contributed by atoms with Gasteiger partial charge >= 0.3 is 0 Å². The Balaban J connectivity index is 1.63. The van der Waals surface area contributed by atoms with Crippen molar-refractivity contribution >= 4 is 0 Å². The van der Waals surface area contributed by atoms with Crippen LogP contribution in [-0.2, 0) is 5.41 Å². The highest BCUT2D eigenvalue weighted by atomic mass is 16.5. The molecule has 37 heavy (non-hydrogen) atoms. The van der Waals surface area contributed by atoms with Crippen molar-refractivity contribution in [3.8, 4) is 56.4 Å². The summed E-state index contributed by atoms with van der Waals surface area (Å²) in [6.07, 6.45) is 0. The summed E-state index contributed by atoms with van der Waals surface area (Å²) in [4.78, 5) is 0. The van der Waals surface area contributed by atoms with Crippen molar-refractivity contribution in [2.45, 2.75) is 33.1 Å². The van der Waals surface area contributed by atoms with E-state index in [2.05, 4.69) is 62.4 Å². The lowest BCUT2D eigenvalue weighted by atomic mass is 9.80. The molecule has 0 aliphatic heterocycles. The van der Waals surface area contributed by atoms with E-state index in [1.165, 1.54) is 22.3 Å². The third-order valence-corrected chi connectivity index (χ3v) is 7.73. The molecule has 0 bridgehead atoms. The van der Waals surface area contributed by atoms with Crippen LogP contribution in [0.4, 0.5) is 0 Å². The zero-order valence-electron chi connectivity index (χ0n) is 22.9. The Bertz CT molecular complexity index is 1400.